The molecular formula is C23H31FN4O7. The van der Waals surface area contributed by atoms with Crippen molar-refractivity contribution in [3.05, 3.63) is 52.0 Å². The zero-order chi connectivity index (χ0) is 25.7. The van der Waals surface area contributed by atoms with E-state index in [4.69, 9.17) is 24.5 Å². The van der Waals surface area contributed by atoms with Gasteiger partial charge < -0.3 is 20.1 Å². The highest BCUT2D eigenvalue weighted by molar-refractivity contribution is 6.27. The van der Waals surface area contributed by atoms with E-state index in [1.807, 2.05) is 6.07 Å². The lowest BCUT2D eigenvalue weighted by atomic mass is 9.99. The summed E-state index contributed by atoms with van der Waals surface area (Å²) in [6.45, 7) is 2.86. The number of ether oxygens (including phenoxy) is 1. The van der Waals surface area contributed by atoms with E-state index in [9.17, 15) is 14.3 Å². The first-order chi connectivity index (χ1) is 16.6. The molecule has 35 heavy (non-hydrogen) atoms. The Morgan fingerprint density at radius 1 is 1.14 bits per heavy atom. The molecule has 2 fully saturated rings. The lowest BCUT2D eigenvalue weighted by Crippen LogP contribution is -2.49. The quantitative estimate of drug-likeness (QED) is 0.475. The summed E-state index contributed by atoms with van der Waals surface area (Å²) < 4.78 is 22.7. The number of hydrogen-bond donors (Lipinski definition) is 3. The lowest BCUT2D eigenvalue weighted by Gasteiger charge is -2.39. The first-order valence-corrected chi connectivity index (χ1v) is 11.4. The molecule has 2 saturated heterocycles. The van der Waals surface area contributed by atoms with Gasteiger partial charge in [-0.05, 0) is 38.7 Å². The Kier molecular flexibility index (Phi) is 8.76. The van der Waals surface area contributed by atoms with Crippen molar-refractivity contribution in [3.63, 3.8) is 0 Å². The van der Waals surface area contributed by atoms with Crippen molar-refractivity contribution in [2.24, 2.45) is 7.05 Å². The summed E-state index contributed by atoms with van der Waals surface area (Å²) in [6.07, 6.45) is 3.44. The SMILES string of the molecule is Cc1nn(C)c(=O)n1CC(O)CN1C2CCC1CC(OCc1ccccc1F)C2.O=C(O)C(=O)O. The zero-order valence-electron chi connectivity index (χ0n) is 19.7. The predicted octanol–water partition coefficient (Wildman–Crippen LogP) is 0.758. The predicted molar refractivity (Wildman–Crippen MR) is 121 cm³/mol. The van der Waals surface area contributed by atoms with Crippen molar-refractivity contribution in [2.45, 2.75) is 70.1 Å². The van der Waals surface area contributed by atoms with Crippen LogP contribution in [0.3, 0.4) is 0 Å². The number of fused-ring (bicyclic) bond motifs is 2. The molecule has 12 heteroatoms. The first kappa shape index (κ1) is 26.5. The number of aryl methyl sites for hydroxylation is 2. The third-order valence-corrected chi connectivity index (χ3v) is 6.46. The zero-order valence-corrected chi connectivity index (χ0v) is 19.7. The number of carboxylic acid groups (broad SMARTS) is 2. The van der Waals surface area contributed by atoms with Crippen LogP contribution >= 0.6 is 0 Å². The number of hydrogen-bond acceptors (Lipinski definition) is 7. The van der Waals surface area contributed by atoms with Gasteiger partial charge in [0.2, 0.25) is 0 Å². The van der Waals surface area contributed by atoms with Gasteiger partial charge in [0.25, 0.3) is 0 Å². The molecular weight excluding hydrogens is 463 g/mol. The second-order valence-electron chi connectivity index (χ2n) is 8.91. The van der Waals surface area contributed by atoms with Crippen LogP contribution in [0.2, 0.25) is 0 Å². The smallest absolute Gasteiger partial charge is 0.414 e. The van der Waals surface area contributed by atoms with Crippen molar-refractivity contribution in [1.82, 2.24) is 19.2 Å². The topological polar surface area (TPSA) is 147 Å². The van der Waals surface area contributed by atoms with Crippen LogP contribution in [-0.4, -0.2) is 77.3 Å². The van der Waals surface area contributed by atoms with E-state index in [0.717, 1.165) is 25.7 Å². The molecule has 192 valence electrons. The summed E-state index contributed by atoms with van der Waals surface area (Å²) >= 11 is 0. The molecule has 0 amide bonds. The number of benzene rings is 1. The van der Waals surface area contributed by atoms with E-state index in [1.165, 1.54) is 15.3 Å². The molecule has 2 bridgehead atoms. The van der Waals surface area contributed by atoms with E-state index < -0.39 is 18.0 Å². The fraction of sp³-hybridized carbons (Fsp3) is 0.565. The van der Waals surface area contributed by atoms with Gasteiger partial charge >= 0.3 is 17.6 Å². The van der Waals surface area contributed by atoms with Gasteiger partial charge in [0.05, 0.1) is 25.4 Å². The minimum Gasteiger partial charge on any atom is -0.473 e. The molecule has 0 radical (unpaired) electrons. The highest BCUT2D eigenvalue weighted by Crippen LogP contribution is 2.37. The molecule has 0 spiro atoms. The van der Waals surface area contributed by atoms with Crippen LogP contribution in [0, 0.1) is 12.7 Å². The number of aliphatic carboxylic acids is 2. The Morgan fingerprint density at radius 3 is 2.26 bits per heavy atom. The van der Waals surface area contributed by atoms with E-state index >= 15 is 0 Å². The molecule has 11 nitrogen and oxygen atoms in total. The van der Waals surface area contributed by atoms with Gasteiger partial charge in [0, 0.05) is 31.2 Å². The molecule has 1 aromatic heterocycles. The van der Waals surface area contributed by atoms with Crippen LogP contribution in [0.4, 0.5) is 4.39 Å². The Balaban J connectivity index is 0.000000509. The highest BCUT2D eigenvalue weighted by Gasteiger charge is 2.41. The Bertz CT molecular complexity index is 1080. The molecule has 0 saturated carbocycles. The molecule has 2 aliphatic rings. The van der Waals surface area contributed by atoms with Crippen molar-refractivity contribution in [3.8, 4) is 0 Å². The maximum atomic E-state index is 13.8. The van der Waals surface area contributed by atoms with Gasteiger partial charge in [-0.2, -0.15) is 5.10 Å². The lowest BCUT2D eigenvalue weighted by molar-refractivity contribution is -0.159. The summed E-state index contributed by atoms with van der Waals surface area (Å²) in [5, 5.41) is 29.5. The largest absolute Gasteiger partial charge is 0.473 e. The molecule has 3 unspecified atom stereocenters. The van der Waals surface area contributed by atoms with Crippen LogP contribution < -0.4 is 5.69 Å². The summed E-state index contributed by atoms with van der Waals surface area (Å²) in [4.78, 5) is 32.7. The average Bonchev–Trinajstić information content (AvgIpc) is 3.17. The highest BCUT2D eigenvalue weighted by atomic mass is 19.1. The monoisotopic (exact) mass is 494 g/mol. The van der Waals surface area contributed by atoms with Gasteiger partial charge in [-0.3, -0.25) is 9.47 Å². The van der Waals surface area contributed by atoms with Crippen molar-refractivity contribution in [1.29, 1.82) is 0 Å². The summed E-state index contributed by atoms with van der Waals surface area (Å²) in [5.74, 6) is -3.26. The van der Waals surface area contributed by atoms with Crippen LogP contribution in [0.1, 0.15) is 37.1 Å². The minimum absolute atomic E-state index is 0.115. The number of carbonyl (C=O) groups is 2. The van der Waals surface area contributed by atoms with Crippen molar-refractivity contribution >= 4 is 11.9 Å². The molecule has 4 rings (SSSR count). The molecule has 2 aliphatic heterocycles. The summed E-state index contributed by atoms with van der Waals surface area (Å²) in [7, 11) is 1.62. The van der Waals surface area contributed by atoms with Gasteiger partial charge in [0.15, 0.2) is 0 Å². The second kappa shape index (κ2) is 11.6. The number of aromatic nitrogens is 3. The number of carboxylic acids is 2. The Hall–Kier alpha value is -3.09. The number of piperidine rings is 1. The molecule has 3 heterocycles. The fourth-order valence-corrected chi connectivity index (χ4v) is 4.83. The minimum atomic E-state index is -1.82. The third kappa shape index (κ3) is 6.74. The number of aliphatic hydroxyl groups excluding tert-OH is 1. The maximum Gasteiger partial charge on any atom is 0.414 e. The van der Waals surface area contributed by atoms with Crippen LogP contribution in [0.15, 0.2) is 29.1 Å². The van der Waals surface area contributed by atoms with Gasteiger partial charge in [-0.15, -0.1) is 0 Å². The van der Waals surface area contributed by atoms with Crippen molar-refractivity contribution < 1.29 is 34.0 Å². The number of nitrogens with zero attached hydrogens (tertiary/aromatic N) is 4. The van der Waals surface area contributed by atoms with Crippen LogP contribution in [0.25, 0.3) is 0 Å². The average molecular weight is 495 g/mol. The molecule has 3 atom stereocenters. The van der Waals surface area contributed by atoms with E-state index in [1.54, 1.807) is 26.1 Å². The van der Waals surface area contributed by atoms with E-state index in [0.29, 0.717) is 36.6 Å². The molecule has 3 N–H and O–H groups in total. The maximum absolute atomic E-state index is 13.8. The Morgan fingerprint density at radius 2 is 1.74 bits per heavy atom. The van der Waals surface area contributed by atoms with Gasteiger partial charge in [0.1, 0.15) is 11.6 Å². The number of rotatable bonds is 7. The number of aliphatic hydroxyl groups is 1. The molecule has 0 aliphatic carbocycles. The van der Waals surface area contributed by atoms with Crippen LogP contribution in [-0.2, 0) is 34.5 Å². The summed E-state index contributed by atoms with van der Waals surface area (Å²) in [5.41, 5.74) is 0.389. The normalized spacial score (nSPS) is 22.3. The van der Waals surface area contributed by atoms with Crippen LogP contribution in [0.5, 0.6) is 0 Å². The molecule has 2 aromatic rings. The van der Waals surface area contributed by atoms with Crippen molar-refractivity contribution in [2.75, 3.05) is 6.54 Å². The van der Waals surface area contributed by atoms with E-state index in [2.05, 4.69) is 10.00 Å². The third-order valence-electron chi connectivity index (χ3n) is 6.46. The van der Waals surface area contributed by atoms with Gasteiger partial charge in [-0.25, -0.2) is 23.5 Å². The molecule has 1 aromatic carbocycles. The summed E-state index contributed by atoms with van der Waals surface area (Å²) in [6, 6.07) is 7.45. The fourth-order valence-electron chi connectivity index (χ4n) is 4.83. The second-order valence-corrected chi connectivity index (χ2v) is 8.91. The number of halogens is 1. The first-order valence-electron chi connectivity index (χ1n) is 11.4. The van der Waals surface area contributed by atoms with E-state index in [-0.39, 0.29) is 24.2 Å². The Labute approximate surface area is 201 Å². The standard InChI is InChI=1S/C21H29FN4O3.C2H2O4/c1-14-23-24(2)21(28)25(14)11-18(27)12-26-16-7-8-17(26)10-19(9-16)29-13-15-5-3-4-6-20(15)22;3-1(4)2(5)6/h3-6,16-19,27H,7-13H2,1-2H3;(H,3,4)(H,5,6). The van der Waals surface area contributed by atoms with Gasteiger partial charge in [-0.1, -0.05) is 18.2 Å².